The molecule has 1 fully saturated rings. The van der Waals surface area contributed by atoms with Gasteiger partial charge in [0.15, 0.2) is 5.96 Å². The molecule has 2 unspecified atom stereocenters. The van der Waals surface area contributed by atoms with Crippen molar-refractivity contribution >= 4 is 5.96 Å². The Balaban J connectivity index is 1.93. The Hall–Kier alpha value is -1.71. The zero-order chi connectivity index (χ0) is 15.8. The number of aromatic hydroxyl groups is 1. The van der Waals surface area contributed by atoms with Crippen molar-refractivity contribution in [2.24, 2.45) is 10.9 Å². The molecule has 0 amide bonds. The van der Waals surface area contributed by atoms with Crippen molar-refractivity contribution in [2.75, 3.05) is 6.54 Å². The van der Waals surface area contributed by atoms with Crippen LogP contribution in [0.25, 0.3) is 0 Å². The standard InChI is InChI=1S/C18H29N3O/c1-3-14-6-5-7-16(12-14)21-18(19-4-2)20-13-15-8-10-17(22)11-9-15/h8-11,14,16,22H,3-7,12-13H2,1-2H3,(H2,19,20,21). The van der Waals surface area contributed by atoms with Crippen LogP contribution < -0.4 is 10.6 Å². The average Bonchev–Trinajstić information content (AvgIpc) is 2.54. The molecule has 0 aromatic heterocycles. The number of phenols is 1. The normalized spacial score (nSPS) is 22.4. The Morgan fingerprint density at radius 2 is 2.00 bits per heavy atom. The second kappa shape index (κ2) is 8.66. The second-order valence-electron chi connectivity index (χ2n) is 6.14. The maximum atomic E-state index is 9.32. The van der Waals surface area contributed by atoms with Gasteiger partial charge in [-0.1, -0.05) is 38.3 Å². The van der Waals surface area contributed by atoms with E-state index in [0.29, 0.717) is 18.3 Å². The third-order valence-electron chi connectivity index (χ3n) is 4.40. The van der Waals surface area contributed by atoms with E-state index in [2.05, 4.69) is 29.5 Å². The fraction of sp³-hybridized carbons (Fsp3) is 0.611. The molecule has 4 heteroatoms. The number of rotatable bonds is 5. The lowest BCUT2D eigenvalue weighted by molar-refractivity contribution is 0.298. The summed E-state index contributed by atoms with van der Waals surface area (Å²) >= 11 is 0. The number of nitrogens with zero attached hydrogens (tertiary/aromatic N) is 1. The van der Waals surface area contributed by atoms with Crippen molar-refractivity contribution in [3.05, 3.63) is 29.8 Å². The van der Waals surface area contributed by atoms with Crippen molar-refractivity contribution < 1.29 is 5.11 Å². The van der Waals surface area contributed by atoms with E-state index < -0.39 is 0 Å². The molecule has 0 heterocycles. The van der Waals surface area contributed by atoms with Gasteiger partial charge in [0.1, 0.15) is 5.75 Å². The number of aliphatic imine (C=N–C) groups is 1. The molecule has 0 saturated heterocycles. The first kappa shape index (κ1) is 16.7. The summed E-state index contributed by atoms with van der Waals surface area (Å²) in [6.45, 7) is 5.87. The molecular formula is C18H29N3O. The Morgan fingerprint density at radius 1 is 1.23 bits per heavy atom. The van der Waals surface area contributed by atoms with Gasteiger partial charge in [-0.25, -0.2) is 4.99 Å². The van der Waals surface area contributed by atoms with E-state index in [-0.39, 0.29) is 0 Å². The highest BCUT2D eigenvalue weighted by Crippen LogP contribution is 2.26. The molecule has 22 heavy (non-hydrogen) atoms. The third-order valence-corrected chi connectivity index (χ3v) is 4.40. The number of nitrogens with one attached hydrogen (secondary N) is 2. The van der Waals surface area contributed by atoms with Crippen LogP contribution in [-0.4, -0.2) is 23.7 Å². The van der Waals surface area contributed by atoms with Gasteiger partial charge >= 0.3 is 0 Å². The van der Waals surface area contributed by atoms with Crippen LogP contribution in [0.3, 0.4) is 0 Å². The van der Waals surface area contributed by atoms with Crippen molar-refractivity contribution in [1.29, 1.82) is 0 Å². The highest BCUT2D eigenvalue weighted by molar-refractivity contribution is 5.80. The van der Waals surface area contributed by atoms with Gasteiger partial charge < -0.3 is 15.7 Å². The molecule has 1 aromatic carbocycles. The molecule has 2 rings (SSSR count). The van der Waals surface area contributed by atoms with Crippen LogP contribution in [0.2, 0.25) is 0 Å². The lowest BCUT2D eigenvalue weighted by Gasteiger charge is -2.30. The van der Waals surface area contributed by atoms with E-state index in [9.17, 15) is 5.11 Å². The number of phenolic OH excluding ortho intramolecular Hbond substituents is 1. The van der Waals surface area contributed by atoms with Gasteiger partial charge in [0.25, 0.3) is 0 Å². The molecule has 1 aromatic rings. The molecule has 0 bridgehead atoms. The maximum Gasteiger partial charge on any atom is 0.191 e. The maximum absolute atomic E-state index is 9.32. The smallest absolute Gasteiger partial charge is 0.191 e. The first-order valence-electron chi connectivity index (χ1n) is 8.54. The fourth-order valence-corrected chi connectivity index (χ4v) is 3.08. The molecule has 0 spiro atoms. The summed E-state index contributed by atoms with van der Waals surface area (Å²) in [7, 11) is 0. The lowest BCUT2D eigenvalue weighted by atomic mass is 9.84. The number of benzene rings is 1. The van der Waals surface area contributed by atoms with E-state index >= 15 is 0 Å². The molecule has 0 aliphatic heterocycles. The highest BCUT2D eigenvalue weighted by atomic mass is 16.3. The molecule has 1 aliphatic rings. The Kier molecular flexibility index (Phi) is 6.56. The van der Waals surface area contributed by atoms with Crippen LogP contribution in [-0.2, 0) is 6.54 Å². The summed E-state index contributed by atoms with van der Waals surface area (Å²) in [4.78, 5) is 4.67. The Morgan fingerprint density at radius 3 is 2.68 bits per heavy atom. The van der Waals surface area contributed by atoms with Crippen molar-refractivity contribution in [3.63, 3.8) is 0 Å². The quantitative estimate of drug-likeness (QED) is 0.577. The van der Waals surface area contributed by atoms with Gasteiger partial charge in [0.2, 0.25) is 0 Å². The first-order chi connectivity index (χ1) is 10.7. The van der Waals surface area contributed by atoms with Crippen LogP contribution in [0, 0.1) is 5.92 Å². The number of guanidine groups is 1. The van der Waals surface area contributed by atoms with Gasteiger partial charge in [0, 0.05) is 12.6 Å². The van der Waals surface area contributed by atoms with E-state index in [4.69, 9.17) is 0 Å². The molecule has 0 radical (unpaired) electrons. The van der Waals surface area contributed by atoms with Crippen LogP contribution >= 0.6 is 0 Å². The van der Waals surface area contributed by atoms with Crippen molar-refractivity contribution in [2.45, 2.75) is 58.5 Å². The molecular weight excluding hydrogens is 274 g/mol. The number of hydrogen-bond acceptors (Lipinski definition) is 2. The lowest BCUT2D eigenvalue weighted by Crippen LogP contribution is -2.45. The largest absolute Gasteiger partial charge is 0.508 e. The first-order valence-corrected chi connectivity index (χ1v) is 8.54. The minimum Gasteiger partial charge on any atom is -0.508 e. The van der Waals surface area contributed by atoms with Gasteiger partial charge in [-0.2, -0.15) is 0 Å². The Labute approximate surface area is 134 Å². The van der Waals surface area contributed by atoms with E-state index in [0.717, 1.165) is 24.0 Å². The SMILES string of the molecule is CCNC(=NCc1ccc(O)cc1)NC1CCCC(CC)C1. The summed E-state index contributed by atoms with van der Waals surface area (Å²) in [6, 6.07) is 7.78. The van der Waals surface area contributed by atoms with Crippen LogP contribution in [0.4, 0.5) is 0 Å². The van der Waals surface area contributed by atoms with Crippen LogP contribution in [0.15, 0.2) is 29.3 Å². The molecule has 4 nitrogen and oxygen atoms in total. The van der Waals surface area contributed by atoms with E-state index in [1.165, 1.54) is 32.1 Å². The molecule has 1 aliphatic carbocycles. The zero-order valence-electron chi connectivity index (χ0n) is 13.8. The average molecular weight is 303 g/mol. The predicted octanol–water partition coefficient (Wildman–Crippen LogP) is 3.42. The number of hydrogen-bond donors (Lipinski definition) is 3. The van der Waals surface area contributed by atoms with Crippen LogP contribution in [0.1, 0.15) is 51.5 Å². The van der Waals surface area contributed by atoms with Gasteiger partial charge in [-0.15, -0.1) is 0 Å². The third kappa shape index (κ3) is 5.24. The summed E-state index contributed by atoms with van der Waals surface area (Å²) in [5.41, 5.74) is 1.10. The van der Waals surface area contributed by atoms with E-state index in [1.54, 1.807) is 12.1 Å². The topological polar surface area (TPSA) is 56.7 Å². The Bertz CT molecular complexity index is 470. The van der Waals surface area contributed by atoms with Crippen molar-refractivity contribution in [3.8, 4) is 5.75 Å². The summed E-state index contributed by atoms with van der Waals surface area (Å²) in [6.07, 6.45) is 6.45. The molecule has 1 saturated carbocycles. The van der Waals surface area contributed by atoms with Gasteiger partial charge in [-0.05, 0) is 43.4 Å². The summed E-state index contributed by atoms with van der Waals surface area (Å²) < 4.78 is 0. The van der Waals surface area contributed by atoms with Gasteiger partial charge in [-0.3, -0.25) is 0 Å². The molecule has 122 valence electrons. The monoisotopic (exact) mass is 303 g/mol. The summed E-state index contributed by atoms with van der Waals surface area (Å²) in [5.74, 6) is 2.05. The fourth-order valence-electron chi connectivity index (χ4n) is 3.08. The van der Waals surface area contributed by atoms with Crippen molar-refractivity contribution in [1.82, 2.24) is 10.6 Å². The molecule has 2 atom stereocenters. The zero-order valence-corrected chi connectivity index (χ0v) is 13.8. The van der Waals surface area contributed by atoms with Crippen LogP contribution in [0.5, 0.6) is 5.75 Å². The molecule has 3 N–H and O–H groups in total. The summed E-state index contributed by atoms with van der Waals surface area (Å²) in [5, 5.41) is 16.2. The van der Waals surface area contributed by atoms with E-state index in [1.807, 2.05) is 12.1 Å². The van der Waals surface area contributed by atoms with Gasteiger partial charge in [0.05, 0.1) is 6.54 Å². The second-order valence-corrected chi connectivity index (χ2v) is 6.14. The minimum absolute atomic E-state index is 0.297. The highest BCUT2D eigenvalue weighted by Gasteiger charge is 2.21. The predicted molar refractivity (Wildman–Crippen MR) is 92.1 cm³/mol. The minimum atomic E-state index is 0.297.